The van der Waals surface area contributed by atoms with Crippen molar-refractivity contribution in [2.75, 3.05) is 20.1 Å². The average molecular weight is 246 g/mol. The van der Waals surface area contributed by atoms with Gasteiger partial charge < -0.3 is 10.6 Å². The first-order valence-corrected chi connectivity index (χ1v) is 7.24. The highest BCUT2D eigenvalue weighted by atomic mass is 15.1. The maximum Gasteiger partial charge on any atom is 0.00676 e. The van der Waals surface area contributed by atoms with E-state index < -0.39 is 0 Å². The number of nitrogens with zero attached hydrogens (tertiary/aromatic N) is 1. The van der Waals surface area contributed by atoms with Crippen LogP contribution >= 0.6 is 0 Å². The van der Waals surface area contributed by atoms with E-state index in [0.717, 1.165) is 18.9 Å². The van der Waals surface area contributed by atoms with Gasteiger partial charge in [0.05, 0.1) is 0 Å². The van der Waals surface area contributed by atoms with Gasteiger partial charge in [-0.1, -0.05) is 36.8 Å². The number of benzene rings is 1. The van der Waals surface area contributed by atoms with Gasteiger partial charge in [0.2, 0.25) is 0 Å². The molecule has 0 aliphatic heterocycles. The van der Waals surface area contributed by atoms with Crippen LogP contribution in [0.25, 0.3) is 0 Å². The minimum atomic E-state index is 0.465. The van der Waals surface area contributed by atoms with Crippen LogP contribution in [-0.2, 0) is 6.42 Å². The predicted octanol–water partition coefficient (Wildman–Crippen LogP) is 2.68. The van der Waals surface area contributed by atoms with E-state index >= 15 is 0 Å². The van der Waals surface area contributed by atoms with Crippen molar-refractivity contribution >= 4 is 0 Å². The largest absolute Gasteiger partial charge is 0.327 e. The minimum absolute atomic E-state index is 0.465. The van der Waals surface area contributed by atoms with Crippen LogP contribution in [0, 0.1) is 5.92 Å². The summed E-state index contributed by atoms with van der Waals surface area (Å²) in [6.07, 6.45) is 6.33. The smallest absolute Gasteiger partial charge is 0.00676 e. The van der Waals surface area contributed by atoms with E-state index in [1.165, 1.54) is 37.8 Å². The molecule has 1 aliphatic rings. The highest BCUT2D eigenvalue weighted by Crippen LogP contribution is 2.26. The Morgan fingerprint density at radius 1 is 1.17 bits per heavy atom. The second-order valence-corrected chi connectivity index (χ2v) is 5.68. The van der Waals surface area contributed by atoms with Gasteiger partial charge in [-0.15, -0.1) is 0 Å². The molecule has 0 amide bonds. The fourth-order valence-electron chi connectivity index (χ4n) is 2.89. The van der Waals surface area contributed by atoms with E-state index in [2.05, 4.69) is 42.3 Å². The Morgan fingerprint density at radius 3 is 2.61 bits per heavy atom. The average Bonchev–Trinajstić information content (AvgIpc) is 2.81. The lowest BCUT2D eigenvalue weighted by Crippen LogP contribution is -2.29. The van der Waals surface area contributed by atoms with Crippen LogP contribution in [0.1, 0.15) is 31.2 Å². The maximum absolute atomic E-state index is 6.11. The van der Waals surface area contributed by atoms with Crippen molar-refractivity contribution in [2.24, 2.45) is 11.7 Å². The Kier molecular flexibility index (Phi) is 5.21. The molecule has 2 nitrogen and oxygen atoms in total. The molecule has 18 heavy (non-hydrogen) atoms. The first kappa shape index (κ1) is 13.6. The van der Waals surface area contributed by atoms with E-state index in [1.807, 2.05) is 0 Å². The molecule has 2 atom stereocenters. The van der Waals surface area contributed by atoms with Gasteiger partial charge in [0.15, 0.2) is 0 Å². The van der Waals surface area contributed by atoms with Crippen LogP contribution in [0.2, 0.25) is 0 Å². The molecule has 2 rings (SSSR count). The zero-order valence-electron chi connectivity index (χ0n) is 11.5. The van der Waals surface area contributed by atoms with Gasteiger partial charge in [0.25, 0.3) is 0 Å². The first-order valence-electron chi connectivity index (χ1n) is 7.24. The molecule has 2 unspecified atom stereocenters. The van der Waals surface area contributed by atoms with Gasteiger partial charge in [-0.3, -0.25) is 0 Å². The molecule has 0 aromatic heterocycles. The Bertz CT molecular complexity index is 336. The van der Waals surface area contributed by atoms with Crippen molar-refractivity contribution in [2.45, 2.75) is 38.1 Å². The van der Waals surface area contributed by atoms with E-state index in [-0.39, 0.29) is 0 Å². The predicted molar refractivity (Wildman–Crippen MR) is 77.6 cm³/mol. The van der Waals surface area contributed by atoms with Gasteiger partial charge >= 0.3 is 0 Å². The summed E-state index contributed by atoms with van der Waals surface area (Å²) < 4.78 is 0. The topological polar surface area (TPSA) is 29.3 Å². The van der Waals surface area contributed by atoms with Gasteiger partial charge in [-0.25, -0.2) is 0 Å². The molecule has 0 heterocycles. The molecule has 100 valence electrons. The zero-order valence-corrected chi connectivity index (χ0v) is 11.5. The van der Waals surface area contributed by atoms with Crippen LogP contribution in [0.5, 0.6) is 0 Å². The zero-order chi connectivity index (χ0) is 12.8. The van der Waals surface area contributed by atoms with Crippen LogP contribution in [0.4, 0.5) is 0 Å². The van der Waals surface area contributed by atoms with E-state index in [4.69, 9.17) is 5.73 Å². The number of nitrogens with two attached hydrogens (primary N) is 1. The summed E-state index contributed by atoms with van der Waals surface area (Å²) in [5.74, 6) is 0.768. The van der Waals surface area contributed by atoms with Gasteiger partial charge in [-0.05, 0) is 50.8 Å². The maximum atomic E-state index is 6.11. The molecule has 0 saturated heterocycles. The van der Waals surface area contributed by atoms with Crippen molar-refractivity contribution in [3.05, 3.63) is 35.9 Å². The molecule has 1 aliphatic carbocycles. The number of likely N-dealkylation sites (N-methyl/N-ethyl adjacent to an activating group) is 1. The standard InChI is InChI=1S/C16H26N2/c1-18(12-10-14-6-3-2-4-7-14)13-11-15-8-5-9-16(15)17/h2-4,6-7,15-16H,5,8-13,17H2,1H3. The van der Waals surface area contributed by atoms with Crippen LogP contribution < -0.4 is 5.73 Å². The molecule has 0 bridgehead atoms. The molecule has 1 saturated carbocycles. The number of rotatable bonds is 6. The molecule has 1 aromatic carbocycles. The van der Waals surface area contributed by atoms with Crippen LogP contribution in [0.15, 0.2) is 30.3 Å². The van der Waals surface area contributed by atoms with Crippen molar-refractivity contribution in [3.8, 4) is 0 Å². The fraction of sp³-hybridized carbons (Fsp3) is 0.625. The van der Waals surface area contributed by atoms with E-state index in [0.29, 0.717) is 6.04 Å². The lowest BCUT2D eigenvalue weighted by atomic mass is 10.00. The highest BCUT2D eigenvalue weighted by molar-refractivity contribution is 5.14. The molecule has 0 radical (unpaired) electrons. The molecule has 0 spiro atoms. The SMILES string of the molecule is CN(CCc1ccccc1)CCC1CCCC1N. The van der Waals surface area contributed by atoms with Crippen molar-refractivity contribution in [1.82, 2.24) is 4.90 Å². The Hall–Kier alpha value is -0.860. The lowest BCUT2D eigenvalue weighted by molar-refractivity contribution is 0.295. The monoisotopic (exact) mass is 246 g/mol. The van der Waals surface area contributed by atoms with E-state index in [1.54, 1.807) is 0 Å². The molecule has 2 N–H and O–H groups in total. The summed E-state index contributed by atoms with van der Waals surface area (Å²) in [4.78, 5) is 2.44. The van der Waals surface area contributed by atoms with Gasteiger partial charge in [-0.2, -0.15) is 0 Å². The summed E-state index contributed by atoms with van der Waals surface area (Å²) in [5, 5.41) is 0. The fourth-order valence-corrected chi connectivity index (χ4v) is 2.89. The van der Waals surface area contributed by atoms with Gasteiger partial charge in [0, 0.05) is 12.6 Å². The summed E-state index contributed by atoms with van der Waals surface area (Å²) in [7, 11) is 2.23. The quantitative estimate of drug-likeness (QED) is 0.836. The van der Waals surface area contributed by atoms with Gasteiger partial charge in [0.1, 0.15) is 0 Å². The Labute approximate surface area is 111 Å². The summed E-state index contributed by atoms with van der Waals surface area (Å²) in [6, 6.07) is 11.2. The molecule has 1 fully saturated rings. The third-order valence-electron chi connectivity index (χ3n) is 4.22. The van der Waals surface area contributed by atoms with Crippen molar-refractivity contribution in [1.29, 1.82) is 0 Å². The third kappa shape index (κ3) is 4.11. The summed E-state index contributed by atoms with van der Waals surface area (Å²) in [5.41, 5.74) is 7.54. The molecular weight excluding hydrogens is 220 g/mol. The number of hydrogen-bond acceptors (Lipinski definition) is 2. The van der Waals surface area contributed by atoms with Crippen molar-refractivity contribution < 1.29 is 0 Å². The van der Waals surface area contributed by atoms with Crippen molar-refractivity contribution in [3.63, 3.8) is 0 Å². The van der Waals surface area contributed by atoms with Crippen LogP contribution in [-0.4, -0.2) is 31.1 Å². The normalized spacial score (nSPS) is 23.7. The lowest BCUT2D eigenvalue weighted by Gasteiger charge is -2.21. The molecule has 2 heteroatoms. The van der Waals surface area contributed by atoms with Crippen LogP contribution in [0.3, 0.4) is 0 Å². The Morgan fingerprint density at radius 2 is 1.94 bits per heavy atom. The molecular formula is C16H26N2. The second kappa shape index (κ2) is 6.91. The summed E-state index contributed by atoms with van der Waals surface area (Å²) in [6.45, 7) is 2.33. The minimum Gasteiger partial charge on any atom is -0.327 e. The first-order chi connectivity index (χ1) is 8.75. The summed E-state index contributed by atoms with van der Waals surface area (Å²) >= 11 is 0. The molecule has 1 aromatic rings. The third-order valence-corrected chi connectivity index (χ3v) is 4.22. The highest BCUT2D eigenvalue weighted by Gasteiger charge is 2.23. The Balaban J connectivity index is 1.64. The van der Waals surface area contributed by atoms with E-state index in [9.17, 15) is 0 Å². The number of hydrogen-bond donors (Lipinski definition) is 1. The second-order valence-electron chi connectivity index (χ2n) is 5.68.